The van der Waals surface area contributed by atoms with Crippen LogP contribution in [0.3, 0.4) is 0 Å². The maximum Gasteiger partial charge on any atom is 0.303 e. The first kappa shape index (κ1) is 56.2. The largest absolute Gasteiger partial charge is 0.454 e. The van der Waals surface area contributed by atoms with Gasteiger partial charge < -0.3 is 134 Å². The quantitative estimate of drug-likeness (QED) is 0.0719. The van der Waals surface area contributed by atoms with Crippen molar-refractivity contribution in [3.05, 3.63) is 0 Å². The van der Waals surface area contributed by atoms with Gasteiger partial charge in [-0.15, -0.1) is 0 Å². The molecule has 29 nitrogen and oxygen atoms in total. The zero-order valence-corrected chi connectivity index (χ0v) is 38.2. The van der Waals surface area contributed by atoms with Crippen LogP contribution in [0.15, 0.2) is 0 Å². The molecule has 12 unspecified atom stereocenters. The normalized spacial score (nSPS) is 51.9. The summed E-state index contributed by atoms with van der Waals surface area (Å²) in [6, 6.07) is -1.77. The fourth-order valence-electron chi connectivity index (χ4n) is 8.94. The van der Waals surface area contributed by atoms with Crippen LogP contribution in [0.1, 0.15) is 41.5 Å². The van der Waals surface area contributed by atoms with Gasteiger partial charge in [0, 0.05) is 13.8 Å². The van der Waals surface area contributed by atoms with Gasteiger partial charge in [-0.1, -0.05) is 0 Å². The van der Waals surface area contributed by atoms with Gasteiger partial charge in [-0.2, -0.15) is 0 Å². The third-order valence-corrected chi connectivity index (χ3v) is 13.0. The van der Waals surface area contributed by atoms with Gasteiger partial charge in [0.25, 0.3) is 0 Å². The zero-order chi connectivity index (χ0) is 51.1. The summed E-state index contributed by atoms with van der Waals surface area (Å²) in [6.45, 7) is 5.48. The van der Waals surface area contributed by atoms with Gasteiger partial charge in [0.15, 0.2) is 43.8 Å². The van der Waals surface area contributed by atoms with Crippen LogP contribution in [-0.2, 0) is 66.4 Å². The molecule has 0 aliphatic carbocycles. The van der Waals surface area contributed by atoms with Gasteiger partial charge in [0.1, 0.15) is 116 Å². The molecule has 6 rings (SSSR count). The van der Waals surface area contributed by atoms with E-state index in [1.54, 1.807) is 0 Å². The molecule has 6 aliphatic rings. The van der Waals surface area contributed by atoms with Gasteiger partial charge in [-0.3, -0.25) is 9.59 Å². The average molecular weight is 1010 g/mol. The van der Waals surface area contributed by atoms with Crippen LogP contribution >= 0.6 is 0 Å². The van der Waals surface area contributed by atoms with E-state index in [4.69, 9.17) is 56.8 Å². The second-order valence-electron chi connectivity index (χ2n) is 18.0. The summed E-state index contributed by atoms with van der Waals surface area (Å²) < 4.78 is 70.4. The summed E-state index contributed by atoms with van der Waals surface area (Å²) in [5.41, 5.74) is 0. The molecule has 0 bridgehead atoms. The first-order valence-corrected chi connectivity index (χ1v) is 22.4. The number of rotatable bonds is 14. The number of aliphatic hydroxyl groups excluding tert-OH is 14. The fourth-order valence-corrected chi connectivity index (χ4v) is 8.94. The standard InChI is InChI=1S/C40H67NO28/c1-9-19(47)26(54)32(35(57)58-9)68-40-34(31(21(49)12(4)61-40)67-38-28(56)25(53)22(50)15(7-42)64-38)69-36-17(41-13(5)44)29(23(51)16(8-43)63-36)65-39-33(62-14(6)45)30(20(48)11(3)60-39)66-37-27(55)24(52)18(46)10(2)59-37/h9-12,15-40,42-43,46-57H,7-8H2,1-6H3,(H,41,44)/t9?,10?,11?,12?,15-,16?,17?,18-,19-,20-,21-,22+,23+,24-,25?,26-,27?,28?,29+,30-,31-,32?,33?,34?,35+,36-,37-,38+,39-,40-/m0/s1. The Balaban J connectivity index is 1.37. The smallest absolute Gasteiger partial charge is 0.303 e. The van der Waals surface area contributed by atoms with Crippen molar-refractivity contribution in [2.45, 2.75) is 226 Å². The van der Waals surface area contributed by atoms with Crippen molar-refractivity contribution in [2.75, 3.05) is 13.2 Å². The van der Waals surface area contributed by atoms with E-state index in [1.165, 1.54) is 27.7 Å². The Bertz CT molecular complexity index is 1670. The highest BCUT2D eigenvalue weighted by atomic mass is 16.8. The van der Waals surface area contributed by atoms with Crippen molar-refractivity contribution in [1.29, 1.82) is 0 Å². The molecule has 6 heterocycles. The van der Waals surface area contributed by atoms with E-state index >= 15 is 0 Å². The number of carbonyl (C=O) groups excluding carboxylic acids is 2. The van der Waals surface area contributed by atoms with Crippen molar-refractivity contribution in [3.63, 3.8) is 0 Å². The summed E-state index contributed by atoms with van der Waals surface area (Å²) in [5.74, 6) is -1.84. The van der Waals surface area contributed by atoms with Gasteiger partial charge in [0.2, 0.25) is 5.91 Å². The Kier molecular flexibility index (Phi) is 19.1. The fraction of sp³-hybridized carbons (Fsp3) is 0.950. The number of nitrogens with one attached hydrogen (secondary N) is 1. The molecule has 29 heteroatoms. The predicted molar refractivity (Wildman–Crippen MR) is 215 cm³/mol. The maximum absolute atomic E-state index is 13.0. The molecule has 0 spiro atoms. The average Bonchev–Trinajstić information content (AvgIpc) is 3.29. The molecule has 0 aromatic carbocycles. The minimum absolute atomic E-state index is 0.839. The lowest BCUT2D eigenvalue weighted by atomic mass is 9.94. The Morgan fingerprint density at radius 3 is 1.36 bits per heavy atom. The highest BCUT2D eigenvalue weighted by Gasteiger charge is 2.59. The summed E-state index contributed by atoms with van der Waals surface area (Å²) in [6.07, 6.45) is -50.8. The van der Waals surface area contributed by atoms with E-state index in [-0.39, 0.29) is 0 Å². The van der Waals surface area contributed by atoms with E-state index in [0.717, 1.165) is 13.8 Å². The van der Waals surface area contributed by atoms with Gasteiger partial charge in [-0.05, 0) is 27.7 Å². The SMILES string of the molecule is CC(=O)NC1[C@H](OC2[C@H](OC3[C@H](O)OC(C)[C@H](O)[C@@H]3O)OC(C)[C@H](O)[C@@H]2O[C@H]2O[C@@H](CO)[C@@H](O)C(O)C2O)OC(CO)[C@@H](O)[C@@H]1O[C@@H]1OC(C)[C@H](O)[C@H](O[C@@H]2OC(C)[C@H](O)[C@H](O)C2O)C1OC(C)=O. The van der Waals surface area contributed by atoms with Crippen molar-refractivity contribution in [3.8, 4) is 0 Å². The number of amides is 1. The molecule has 30 atom stereocenters. The van der Waals surface area contributed by atoms with Crippen LogP contribution in [0.4, 0.5) is 0 Å². The summed E-state index contributed by atoms with van der Waals surface area (Å²) in [5, 5.41) is 154. The predicted octanol–water partition coefficient (Wildman–Crippen LogP) is -9.28. The minimum Gasteiger partial charge on any atom is -0.454 e. The number of aliphatic hydroxyl groups is 14. The molecular formula is C40H67NO28. The lowest BCUT2D eigenvalue weighted by Crippen LogP contribution is -2.70. The third kappa shape index (κ3) is 12.0. The van der Waals surface area contributed by atoms with Crippen molar-refractivity contribution < 1.29 is 138 Å². The minimum atomic E-state index is -2.06. The zero-order valence-electron chi connectivity index (χ0n) is 38.2. The van der Waals surface area contributed by atoms with Crippen LogP contribution in [-0.4, -0.2) is 281 Å². The Labute approximate surface area is 393 Å². The molecule has 0 aromatic heterocycles. The van der Waals surface area contributed by atoms with E-state index in [2.05, 4.69) is 5.32 Å². The molecule has 0 saturated carbocycles. The van der Waals surface area contributed by atoms with Crippen molar-refractivity contribution >= 4 is 11.9 Å². The molecule has 15 N–H and O–H groups in total. The Morgan fingerprint density at radius 1 is 0.406 bits per heavy atom. The van der Waals surface area contributed by atoms with E-state index in [0.29, 0.717) is 0 Å². The Morgan fingerprint density at radius 2 is 0.812 bits per heavy atom. The van der Waals surface area contributed by atoms with E-state index < -0.39 is 209 Å². The second kappa shape index (κ2) is 23.4. The number of carbonyl (C=O) groups is 2. The number of hydrogen-bond acceptors (Lipinski definition) is 28. The van der Waals surface area contributed by atoms with Crippen LogP contribution in [0.5, 0.6) is 0 Å². The lowest BCUT2D eigenvalue weighted by Gasteiger charge is -2.51. The lowest BCUT2D eigenvalue weighted by molar-refractivity contribution is -0.404. The number of ether oxygens (including phenoxy) is 12. The van der Waals surface area contributed by atoms with E-state index in [1.807, 2.05) is 0 Å². The second-order valence-corrected chi connectivity index (χ2v) is 18.0. The molecule has 1 amide bonds. The van der Waals surface area contributed by atoms with Gasteiger partial charge in [-0.25, -0.2) is 0 Å². The monoisotopic (exact) mass is 1010 g/mol. The molecule has 0 radical (unpaired) electrons. The molecule has 69 heavy (non-hydrogen) atoms. The number of esters is 1. The topological polar surface area (TPSA) is 440 Å². The first-order chi connectivity index (χ1) is 32.4. The van der Waals surface area contributed by atoms with Crippen LogP contribution in [0, 0.1) is 0 Å². The molecule has 0 aromatic rings. The molecule has 6 saturated heterocycles. The molecule has 6 aliphatic heterocycles. The highest BCUT2D eigenvalue weighted by molar-refractivity contribution is 5.73. The Hall–Kier alpha value is -2.06. The van der Waals surface area contributed by atoms with Crippen molar-refractivity contribution in [1.82, 2.24) is 5.32 Å². The highest BCUT2D eigenvalue weighted by Crippen LogP contribution is 2.38. The van der Waals surface area contributed by atoms with Crippen LogP contribution in [0.2, 0.25) is 0 Å². The summed E-state index contributed by atoms with van der Waals surface area (Å²) >= 11 is 0. The van der Waals surface area contributed by atoms with Gasteiger partial charge in [0.05, 0.1) is 37.6 Å². The van der Waals surface area contributed by atoms with E-state index in [9.17, 15) is 81.1 Å². The molecular weight excluding hydrogens is 942 g/mol. The molecule has 400 valence electrons. The first-order valence-electron chi connectivity index (χ1n) is 22.4. The van der Waals surface area contributed by atoms with Gasteiger partial charge >= 0.3 is 5.97 Å². The van der Waals surface area contributed by atoms with Crippen molar-refractivity contribution in [2.24, 2.45) is 0 Å². The van der Waals surface area contributed by atoms with Crippen LogP contribution < -0.4 is 5.32 Å². The van der Waals surface area contributed by atoms with Crippen LogP contribution in [0.25, 0.3) is 0 Å². The third-order valence-electron chi connectivity index (χ3n) is 13.0. The maximum atomic E-state index is 13.0. The number of hydrogen-bond donors (Lipinski definition) is 15. The summed E-state index contributed by atoms with van der Waals surface area (Å²) in [7, 11) is 0. The summed E-state index contributed by atoms with van der Waals surface area (Å²) in [4.78, 5) is 25.6. The molecule has 6 fully saturated rings.